The van der Waals surface area contributed by atoms with Crippen LogP contribution in [0, 0.1) is 17.2 Å². The lowest BCUT2D eigenvalue weighted by atomic mass is 10.1. The molecule has 0 spiro atoms. The molecule has 0 aliphatic carbocycles. The minimum atomic E-state index is 0.569. The lowest BCUT2D eigenvalue weighted by Gasteiger charge is -2.20. The Labute approximate surface area is 107 Å². The Kier molecular flexibility index (Phi) is 3.93. The van der Waals surface area contributed by atoms with E-state index in [1.165, 1.54) is 0 Å². The Morgan fingerprint density at radius 1 is 1.59 bits per heavy atom. The van der Waals surface area contributed by atoms with Gasteiger partial charge in [0.15, 0.2) is 0 Å². The average molecular weight is 247 g/mol. The number of nitriles is 1. The summed E-state index contributed by atoms with van der Waals surface area (Å²) in [4.78, 5) is 3.34. The van der Waals surface area contributed by atoms with Crippen LogP contribution in [-0.4, -0.2) is 25.9 Å². The highest BCUT2D eigenvalue weighted by molar-refractivity contribution is 7.98. The molecule has 0 bridgehead atoms. The van der Waals surface area contributed by atoms with Crippen LogP contribution in [0.1, 0.15) is 12.0 Å². The van der Waals surface area contributed by atoms with Gasteiger partial charge in [-0.2, -0.15) is 5.26 Å². The lowest BCUT2D eigenvalue weighted by Crippen LogP contribution is -2.23. The Morgan fingerprint density at radius 3 is 3.00 bits per heavy atom. The predicted octanol–water partition coefficient (Wildman–Crippen LogP) is 2.07. The molecule has 1 aliphatic heterocycles. The Bertz CT molecular complexity index is 439. The number of hydrogen-bond donors (Lipinski definition) is 1. The number of anilines is 1. The normalized spacial score (nSPS) is 19.4. The smallest absolute Gasteiger partial charge is 0.103 e. The van der Waals surface area contributed by atoms with Gasteiger partial charge in [0.2, 0.25) is 0 Å². The summed E-state index contributed by atoms with van der Waals surface area (Å²) in [6.07, 6.45) is 3.14. The van der Waals surface area contributed by atoms with Gasteiger partial charge in [-0.05, 0) is 37.3 Å². The molecule has 1 atom stereocenters. The average Bonchev–Trinajstić information content (AvgIpc) is 2.86. The fourth-order valence-corrected chi connectivity index (χ4v) is 2.88. The molecule has 0 aromatic heterocycles. The molecule has 17 heavy (non-hydrogen) atoms. The van der Waals surface area contributed by atoms with E-state index in [4.69, 9.17) is 5.73 Å². The van der Waals surface area contributed by atoms with Crippen LogP contribution in [0.2, 0.25) is 0 Å². The fourth-order valence-electron chi connectivity index (χ4n) is 2.31. The third-order valence-corrected chi connectivity index (χ3v) is 4.08. The van der Waals surface area contributed by atoms with Crippen molar-refractivity contribution in [2.24, 2.45) is 11.7 Å². The molecule has 0 radical (unpaired) electrons. The summed E-state index contributed by atoms with van der Waals surface area (Å²) in [5.41, 5.74) is 7.57. The standard InChI is InChI=1S/C13H17N3S/c1-17-13-4-2-3-12(11(13)8-15)16-6-5-10(7-14)9-16/h2-4,10H,5-7,9,14H2,1H3. The monoisotopic (exact) mass is 247 g/mol. The third-order valence-electron chi connectivity index (χ3n) is 3.30. The van der Waals surface area contributed by atoms with Crippen molar-refractivity contribution < 1.29 is 0 Å². The van der Waals surface area contributed by atoms with Gasteiger partial charge < -0.3 is 10.6 Å². The third kappa shape index (κ3) is 2.41. The molecule has 1 unspecified atom stereocenters. The molecule has 2 N–H and O–H groups in total. The molecule has 0 saturated carbocycles. The zero-order chi connectivity index (χ0) is 12.3. The van der Waals surface area contributed by atoms with E-state index in [1.54, 1.807) is 11.8 Å². The molecular formula is C13H17N3S. The van der Waals surface area contributed by atoms with Crippen molar-refractivity contribution in [3.8, 4) is 6.07 Å². The highest BCUT2D eigenvalue weighted by Crippen LogP contribution is 2.31. The van der Waals surface area contributed by atoms with Crippen molar-refractivity contribution in [3.05, 3.63) is 23.8 Å². The number of rotatable bonds is 3. The Balaban J connectivity index is 2.30. The summed E-state index contributed by atoms with van der Waals surface area (Å²) in [6, 6.07) is 8.40. The van der Waals surface area contributed by atoms with E-state index >= 15 is 0 Å². The summed E-state index contributed by atoms with van der Waals surface area (Å²) in [5, 5.41) is 9.30. The molecule has 1 aromatic rings. The maximum atomic E-state index is 9.30. The second-order valence-corrected chi connectivity index (χ2v) is 5.15. The van der Waals surface area contributed by atoms with Gasteiger partial charge in [-0.15, -0.1) is 11.8 Å². The Hall–Kier alpha value is -1.18. The van der Waals surface area contributed by atoms with Gasteiger partial charge in [0.1, 0.15) is 6.07 Å². The number of hydrogen-bond acceptors (Lipinski definition) is 4. The van der Waals surface area contributed by atoms with Gasteiger partial charge in [0.25, 0.3) is 0 Å². The highest BCUT2D eigenvalue weighted by Gasteiger charge is 2.23. The molecular weight excluding hydrogens is 230 g/mol. The Morgan fingerprint density at radius 2 is 2.41 bits per heavy atom. The number of thioether (sulfide) groups is 1. The van der Waals surface area contributed by atoms with Gasteiger partial charge >= 0.3 is 0 Å². The SMILES string of the molecule is CSc1cccc(N2CCC(CN)C2)c1C#N. The summed E-state index contributed by atoms with van der Waals surface area (Å²) >= 11 is 1.63. The zero-order valence-electron chi connectivity index (χ0n) is 10.0. The summed E-state index contributed by atoms with van der Waals surface area (Å²) < 4.78 is 0. The summed E-state index contributed by atoms with van der Waals surface area (Å²) in [7, 11) is 0. The maximum absolute atomic E-state index is 9.30. The molecule has 1 fully saturated rings. The minimum Gasteiger partial charge on any atom is -0.370 e. The van der Waals surface area contributed by atoms with Crippen molar-refractivity contribution in [2.75, 3.05) is 30.8 Å². The van der Waals surface area contributed by atoms with E-state index < -0.39 is 0 Å². The number of nitrogens with zero attached hydrogens (tertiary/aromatic N) is 2. The van der Waals surface area contributed by atoms with E-state index in [-0.39, 0.29) is 0 Å². The molecule has 0 amide bonds. The summed E-state index contributed by atoms with van der Waals surface area (Å²) in [5.74, 6) is 0.569. The number of benzene rings is 1. The quantitative estimate of drug-likeness (QED) is 0.831. The van der Waals surface area contributed by atoms with Crippen LogP contribution >= 0.6 is 11.8 Å². The fraction of sp³-hybridized carbons (Fsp3) is 0.462. The largest absolute Gasteiger partial charge is 0.370 e. The van der Waals surface area contributed by atoms with Gasteiger partial charge in [0.05, 0.1) is 11.3 Å². The van der Waals surface area contributed by atoms with Crippen LogP contribution in [0.3, 0.4) is 0 Å². The van der Waals surface area contributed by atoms with Gasteiger partial charge in [-0.1, -0.05) is 6.07 Å². The van der Waals surface area contributed by atoms with Crippen LogP contribution in [0.15, 0.2) is 23.1 Å². The van der Waals surface area contributed by atoms with Gasteiger partial charge in [0, 0.05) is 18.0 Å². The van der Waals surface area contributed by atoms with Gasteiger partial charge in [-0.3, -0.25) is 0 Å². The van der Waals surface area contributed by atoms with Crippen LogP contribution in [0.25, 0.3) is 0 Å². The first-order valence-corrected chi connectivity index (χ1v) is 7.04. The molecule has 1 saturated heterocycles. The van der Waals surface area contributed by atoms with Crippen molar-refractivity contribution in [3.63, 3.8) is 0 Å². The van der Waals surface area contributed by atoms with Crippen LogP contribution in [-0.2, 0) is 0 Å². The predicted molar refractivity (Wildman–Crippen MR) is 72.3 cm³/mol. The van der Waals surface area contributed by atoms with Crippen molar-refractivity contribution in [1.29, 1.82) is 5.26 Å². The second-order valence-electron chi connectivity index (χ2n) is 4.30. The van der Waals surface area contributed by atoms with Crippen LogP contribution < -0.4 is 10.6 Å². The summed E-state index contributed by atoms with van der Waals surface area (Å²) in [6.45, 7) is 2.72. The van der Waals surface area contributed by atoms with E-state index in [9.17, 15) is 5.26 Å². The molecule has 2 rings (SSSR count). The van der Waals surface area contributed by atoms with E-state index in [1.807, 2.05) is 24.5 Å². The van der Waals surface area contributed by atoms with Crippen molar-refractivity contribution >= 4 is 17.4 Å². The van der Waals surface area contributed by atoms with E-state index in [0.717, 1.165) is 42.2 Å². The second kappa shape index (κ2) is 5.44. The molecule has 1 aliphatic rings. The lowest BCUT2D eigenvalue weighted by molar-refractivity contribution is 0.602. The van der Waals surface area contributed by atoms with Gasteiger partial charge in [-0.25, -0.2) is 0 Å². The first-order valence-electron chi connectivity index (χ1n) is 5.82. The molecule has 1 heterocycles. The maximum Gasteiger partial charge on any atom is 0.103 e. The molecule has 4 heteroatoms. The van der Waals surface area contributed by atoms with Crippen LogP contribution in [0.4, 0.5) is 5.69 Å². The van der Waals surface area contributed by atoms with E-state index in [0.29, 0.717) is 5.92 Å². The molecule has 1 aromatic carbocycles. The number of nitrogens with two attached hydrogens (primary N) is 1. The topological polar surface area (TPSA) is 53.0 Å². The molecule has 3 nitrogen and oxygen atoms in total. The van der Waals surface area contributed by atoms with E-state index in [2.05, 4.69) is 11.0 Å². The highest BCUT2D eigenvalue weighted by atomic mass is 32.2. The zero-order valence-corrected chi connectivity index (χ0v) is 10.8. The van der Waals surface area contributed by atoms with Crippen molar-refractivity contribution in [2.45, 2.75) is 11.3 Å². The first-order chi connectivity index (χ1) is 8.30. The first kappa shape index (κ1) is 12.3. The molecule has 90 valence electrons. The van der Waals surface area contributed by atoms with Crippen molar-refractivity contribution in [1.82, 2.24) is 0 Å². The minimum absolute atomic E-state index is 0.569. The van der Waals surface area contributed by atoms with Crippen LogP contribution in [0.5, 0.6) is 0 Å².